The summed E-state index contributed by atoms with van der Waals surface area (Å²) in [5.74, 6) is 0.0585. The van der Waals surface area contributed by atoms with Crippen molar-refractivity contribution in [3.8, 4) is 0 Å². The third kappa shape index (κ3) is 1.68. The predicted octanol–water partition coefficient (Wildman–Crippen LogP) is 2.77. The molecule has 1 aliphatic rings. The van der Waals surface area contributed by atoms with E-state index in [9.17, 15) is 9.59 Å². The summed E-state index contributed by atoms with van der Waals surface area (Å²) in [6, 6.07) is 7.91. The summed E-state index contributed by atoms with van der Waals surface area (Å²) in [5, 5.41) is 1.13. The van der Waals surface area contributed by atoms with Crippen LogP contribution in [0, 0.1) is 0 Å². The summed E-state index contributed by atoms with van der Waals surface area (Å²) in [6.07, 6.45) is 0.806. The maximum absolute atomic E-state index is 12.1. The van der Waals surface area contributed by atoms with E-state index in [0.717, 1.165) is 29.6 Å². The minimum absolute atomic E-state index is 0.000276. The van der Waals surface area contributed by atoms with Crippen molar-refractivity contribution in [2.24, 2.45) is 0 Å². The summed E-state index contributed by atoms with van der Waals surface area (Å²) in [6.45, 7) is 5.88. The lowest BCUT2D eigenvalue weighted by molar-refractivity contribution is -0.131. The van der Waals surface area contributed by atoms with Gasteiger partial charge >= 0.3 is 0 Å². The van der Waals surface area contributed by atoms with Crippen molar-refractivity contribution in [2.45, 2.75) is 33.2 Å². The van der Waals surface area contributed by atoms with E-state index in [1.165, 1.54) is 5.56 Å². The minimum Gasteiger partial charge on any atom is -0.334 e. The molecule has 2 aromatic rings. The van der Waals surface area contributed by atoms with Crippen LogP contribution in [0.4, 0.5) is 0 Å². The number of carbonyl (C=O) groups is 2. The number of carbonyl (C=O) groups excluding carboxylic acids is 2. The number of nitrogens with zero attached hydrogens (tertiary/aromatic N) is 2. The van der Waals surface area contributed by atoms with E-state index in [4.69, 9.17) is 0 Å². The molecule has 0 radical (unpaired) electrons. The fraction of sp³-hybridized carbons (Fsp3) is 0.375. The van der Waals surface area contributed by atoms with Gasteiger partial charge in [-0.15, -0.1) is 0 Å². The second kappa shape index (κ2) is 4.47. The summed E-state index contributed by atoms with van der Waals surface area (Å²) in [7, 11) is 0. The highest BCUT2D eigenvalue weighted by atomic mass is 16.2. The van der Waals surface area contributed by atoms with Gasteiger partial charge in [0.15, 0.2) is 0 Å². The van der Waals surface area contributed by atoms with Crippen molar-refractivity contribution >= 4 is 22.7 Å². The van der Waals surface area contributed by atoms with Crippen molar-refractivity contribution in [3.63, 3.8) is 0 Å². The van der Waals surface area contributed by atoms with Gasteiger partial charge in [0.05, 0.1) is 17.3 Å². The lowest BCUT2D eigenvalue weighted by Crippen LogP contribution is -2.38. The highest BCUT2D eigenvalue weighted by Gasteiger charge is 2.32. The Hall–Kier alpha value is -2.10. The highest BCUT2D eigenvalue weighted by Crippen LogP contribution is 2.36. The van der Waals surface area contributed by atoms with Crippen molar-refractivity contribution in [1.29, 1.82) is 0 Å². The average molecular weight is 270 g/mol. The number of aromatic nitrogens is 1. The number of hydrogen-bond acceptors (Lipinski definition) is 2. The molecule has 0 spiro atoms. The first-order valence-electron chi connectivity index (χ1n) is 6.92. The van der Waals surface area contributed by atoms with E-state index in [2.05, 4.69) is 6.07 Å². The number of benzene rings is 1. The Labute approximate surface area is 118 Å². The third-order valence-electron chi connectivity index (χ3n) is 4.21. The van der Waals surface area contributed by atoms with Crippen molar-refractivity contribution in [2.75, 3.05) is 6.54 Å². The molecule has 104 valence electrons. The number of amides is 1. The molecule has 0 saturated heterocycles. The van der Waals surface area contributed by atoms with Gasteiger partial charge in [0, 0.05) is 25.8 Å². The molecular formula is C16H18N2O2. The van der Waals surface area contributed by atoms with E-state index in [1.54, 1.807) is 18.4 Å². The minimum atomic E-state index is -0.0625. The van der Waals surface area contributed by atoms with E-state index >= 15 is 0 Å². The van der Waals surface area contributed by atoms with Gasteiger partial charge in [0.25, 0.3) is 0 Å². The number of para-hydroxylation sites is 1. The van der Waals surface area contributed by atoms with Gasteiger partial charge in [-0.2, -0.15) is 0 Å². The molecule has 0 fully saturated rings. The van der Waals surface area contributed by atoms with Crippen LogP contribution in [-0.4, -0.2) is 27.8 Å². The first-order valence-corrected chi connectivity index (χ1v) is 6.92. The molecule has 1 atom stereocenters. The Bertz CT molecular complexity index is 715. The van der Waals surface area contributed by atoms with Gasteiger partial charge < -0.3 is 4.90 Å². The zero-order valence-electron chi connectivity index (χ0n) is 12.0. The average Bonchev–Trinajstić information content (AvgIpc) is 2.74. The molecular weight excluding hydrogens is 252 g/mol. The van der Waals surface area contributed by atoms with Crippen molar-refractivity contribution < 1.29 is 9.59 Å². The van der Waals surface area contributed by atoms with Crippen LogP contribution < -0.4 is 0 Å². The maximum Gasteiger partial charge on any atom is 0.228 e. The molecule has 4 heteroatoms. The molecule has 20 heavy (non-hydrogen) atoms. The smallest absolute Gasteiger partial charge is 0.228 e. The number of rotatable bonds is 0. The lowest BCUT2D eigenvalue weighted by Gasteiger charge is -2.33. The SMILES string of the molecule is CC(=O)N1CCc2c(n(C(C)=O)c3ccccc23)[C@@H]1C. The fourth-order valence-corrected chi connectivity index (χ4v) is 3.37. The largest absolute Gasteiger partial charge is 0.334 e. The van der Waals surface area contributed by atoms with Crippen molar-refractivity contribution in [1.82, 2.24) is 9.47 Å². The molecule has 1 aromatic heterocycles. The van der Waals surface area contributed by atoms with Crippen LogP contribution in [0.2, 0.25) is 0 Å². The third-order valence-corrected chi connectivity index (χ3v) is 4.21. The molecule has 0 bridgehead atoms. The van der Waals surface area contributed by atoms with Gasteiger partial charge in [-0.1, -0.05) is 18.2 Å². The molecule has 1 aromatic carbocycles. The maximum atomic E-state index is 12.1. The Balaban J connectivity index is 2.32. The zero-order chi connectivity index (χ0) is 14.4. The van der Waals surface area contributed by atoms with Crippen molar-refractivity contribution in [3.05, 3.63) is 35.5 Å². The van der Waals surface area contributed by atoms with Gasteiger partial charge in [-0.25, -0.2) is 0 Å². The first kappa shape index (κ1) is 12.9. The van der Waals surface area contributed by atoms with Crippen LogP contribution in [0.15, 0.2) is 24.3 Å². The van der Waals surface area contributed by atoms with Crippen LogP contribution in [0.5, 0.6) is 0 Å². The summed E-state index contributed by atoms with van der Waals surface area (Å²) in [4.78, 5) is 25.7. The Morgan fingerprint density at radius 3 is 2.50 bits per heavy atom. The van der Waals surface area contributed by atoms with Gasteiger partial charge in [-0.05, 0) is 25.0 Å². The molecule has 0 aliphatic carbocycles. The quantitative estimate of drug-likeness (QED) is 0.738. The van der Waals surface area contributed by atoms with E-state index in [0.29, 0.717) is 0 Å². The number of fused-ring (bicyclic) bond motifs is 3. The van der Waals surface area contributed by atoms with E-state index in [1.807, 2.05) is 30.0 Å². The van der Waals surface area contributed by atoms with Crippen LogP contribution in [-0.2, 0) is 11.2 Å². The first-order chi connectivity index (χ1) is 9.52. The summed E-state index contributed by atoms with van der Waals surface area (Å²) in [5.41, 5.74) is 3.13. The molecule has 0 saturated carbocycles. The van der Waals surface area contributed by atoms with Crippen LogP contribution in [0.25, 0.3) is 10.9 Å². The van der Waals surface area contributed by atoms with Gasteiger partial charge in [0.2, 0.25) is 11.8 Å². The Kier molecular flexibility index (Phi) is 2.89. The van der Waals surface area contributed by atoms with E-state index < -0.39 is 0 Å². The number of hydrogen-bond donors (Lipinski definition) is 0. The van der Waals surface area contributed by atoms with Crippen LogP contribution >= 0.6 is 0 Å². The highest BCUT2D eigenvalue weighted by molar-refractivity contribution is 5.96. The standard InChI is InChI=1S/C16H18N2O2/c1-10-16-14(8-9-17(10)11(2)19)13-6-4-5-7-15(13)18(16)12(3)20/h4-7,10H,8-9H2,1-3H3/t10-/m0/s1. The molecule has 0 unspecified atom stereocenters. The molecule has 1 aliphatic heterocycles. The normalized spacial score (nSPS) is 18.1. The second-order valence-corrected chi connectivity index (χ2v) is 5.37. The van der Waals surface area contributed by atoms with Gasteiger partial charge in [0.1, 0.15) is 0 Å². The lowest BCUT2D eigenvalue weighted by atomic mass is 9.98. The molecule has 3 rings (SSSR count). The monoisotopic (exact) mass is 270 g/mol. The molecule has 0 N–H and O–H groups in total. The molecule has 4 nitrogen and oxygen atoms in total. The Morgan fingerprint density at radius 2 is 1.85 bits per heavy atom. The fourth-order valence-electron chi connectivity index (χ4n) is 3.37. The summed E-state index contributed by atoms with van der Waals surface area (Å²) >= 11 is 0. The second-order valence-electron chi connectivity index (χ2n) is 5.37. The van der Waals surface area contributed by atoms with Crippen LogP contribution in [0.1, 0.15) is 42.9 Å². The topological polar surface area (TPSA) is 42.3 Å². The molecule has 1 amide bonds. The predicted molar refractivity (Wildman–Crippen MR) is 77.7 cm³/mol. The molecule has 2 heterocycles. The zero-order valence-corrected chi connectivity index (χ0v) is 12.0. The Morgan fingerprint density at radius 1 is 1.15 bits per heavy atom. The summed E-state index contributed by atoms with van der Waals surface area (Å²) < 4.78 is 1.77. The van der Waals surface area contributed by atoms with Gasteiger partial charge in [-0.3, -0.25) is 14.2 Å². The van der Waals surface area contributed by atoms with E-state index in [-0.39, 0.29) is 17.9 Å². The van der Waals surface area contributed by atoms with Crippen LogP contribution in [0.3, 0.4) is 0 Å².